The molecule has 0 aliphatic carbocycles. The molecule has 18 heavy (non-hydrogen) atoms. The van der Waals surface area contributed by atoms with E-state index in [0.717, 1.165) is 17.9 Å². The van der Waals surface area contributed by atoms with Gasteiger partial charge in [-0.25, -0.2) is 4.98 Å². The third-order valence-electron chi connectivity index (χ3n) is 2.32. The average Bonchev–Trinajstić information content (AvgIpc) is 2.35. The molecule has 0 bridgehead atoms. The molecule has 0 saturated carbocycles. The van der Waals surface area contributed by atoms with Gasteiger partial charge in [-0.05, 0) is 19.1 Å². The Labute approximate surface area is 108 Å². The predicted octanol–water partition coefficient (Wildman–Crippen LogP) is 2.01. The maximum Gasteiger partial charge on any atom is 0.253 e. The van der Waals surface area contributed by atoms with E-state index in [-0.39, 0.29) is 5.91 Å². The summed E-state index contributed by atoms with van der Waals surface area (Å²) >= 11 is 0. The van der Waals surface area contributed by atoms with Crippen molar-refractivity contribution in [3.8, 4) is 0 Å². The number of hydrogen-bond donors (Lipinski definition) is 1. The number of pyridine rings is 1. The van der Waals surface area contributed by atoms with Gasteiger partial charge < -0.3 is 10.2 Å². The van der Waals surface area contributed by atoms with Gasteiger partial charge in [0.25, 0.3) is 5.91 Å². The van der Waals surface area contributed by atoms with E-state index in [4.69, 9.17) is 0 Å². The fourth-order valence-electron chi connectivity index (χ4n) is 1.50. The van der Waals surface area contributed by atoms with Crippen LogP contribution in [0.15, 0.2) is 43.1 Å². The quantitative estimate of drug-likeness (QED) is 0.780. The molecule has 0 aromatic carbocycles. The highest BCUT2D eigenvalue weighted by atomic mass is 16.1. The first kappa shape index (κ1) is 14.0. The van der Waals surface area contributed by atoms with Crippen LogP contribution in [0.3, 0.4) is 0 Å². The zero-order chi connectivity index (χ0) is 13.5. The van der Waals surface area contributed by atoms with Crippen LogP contribution in [-0.4, -0.2) is 31.0 Å². The molecule has 4 heteroatoms. The van der Waals surface area contributed by atoms with Crippen molar-refractivity contribution in [2.75, 3.05) is 25.0 Å². The van der Waals surface area contributed by atoms with Gasteiger partial charge in [-0.3, -0.25) is 4.79 Å². The second-order valence-corrected chi connectivity index (χ2v) is 4.22. The zero-order valence-corrected chi connectivity index (χ0v) is 10.9. The van der Waals surface area contributed by atoms with Gasteiger partial charge in [0.05, 0.1) is 5.56 Å². The van der Waals surface area contributed by atoms with Gasteiger partial charge in [-0.2, -0.15) is 0 Å². The summed E-state index contributed by atoms with van der Waals surface area (Å²) in [5.74, 6) is 0.676. The average molecular weight is 245 g/mol. The molecular formula is C14H19N3O. The van der Waals surface area contributed by atoms with Crippen molar-refractivity contribution in [2.24, 2.45) is 0 Å². The minimum atomic E-state index is -0.142. The van der Waals surface area contributed by atoms with Gasteiger partial charge in [0.1, 0.15) is 5.82 Å². The van der Waals surface area contributed by atoms with Gasteiger partial charge in [0.15, 0.2) is 0 Å². The van der Waals surface area contributed by atoms with Crippen LogP contribution in [0.25, 0.3) is 0 Å². The van der Waals surface area contributed by atoms with E-state index in [9.17, 15) is 4.79 Å². The second-order valence-electron chi connectivity index (χ2n) is 4.22. The van der Waals surface area contributed by atoms with E-state index in [1.165, 1.54) is 0 Å². The van der Waals surface area contributed by atoms with Crippen LogP contribution in [0.5, 0.6) is 0 Å². The molecule has 0 aliphatic rings. The fourth-order valence-corrected chi connectivity index (χ4v) is 1.50. The molecule has 0 saturated heterocycles. The van der Waals surface area contributed by atoms with Crippen LogP contribution >= 0.6 is 0 Å². The van der Waals surface area contributed by atoms with Crippen molar-refractivity contribution in [3.63, 3.8) is 0 Å². The Bertz CT molecular complexity index is 437. The Morgan fingerprint density at radius 3 is 2.78 bits per heavy atom. The standard InChI is InChI=1S/C14H19N3O/c1-5-8-15-14(18)12-6-7-13(16-9-12)17(4)10-11(2)3/h5-7,9H,1-2,8,10H2,3-4H3,(H,15,18). The molecule has 1 aromatic heterocycles. The number of amides is 1. The van der Waals surface area contributed by atoms with E-state index >= 15 is 0 Å². The first-order chi connectivity index (χ1) is 8.54. The number of aromatic nitrogens is 1. The predicted molar refractivity (Wildman–Crippen MR) is 74.9 cm³/mol. The van der Waals surface area contributed by atoms with E-state index in [1.54, 1.807) is 18.3 Å². The Hall–Kier alpha value is -2.10. The van der Waals surface area contributed by atoms with Crippen molar-refractivity contribution in [1.29, 1.82) is 0 Å². The molecule has 4 nitrogen and oxygen atoms in total. The molecule has 0 fully saturated rings. The van der Waals surface area contributed by atoms with Gasteiger partial charge >= 0.3 is 0 Å². The van der Waals surface area contributed by atoms with Crippen LogP contribution < -0.4 is 10.2 Å². The minimum absolute atomic E-state index is 0.142. The Morgan fingerprint density at radius 2 is 2.28 bits per heavy atom. The summed E-state index contributed by atoms with van der Waals surface area (Å²) in [6, 6.07) is 3.58. The highest BCUT2D eigenvalue weighted by molar-refractivity contribution is 5.94. The number of carbonyl (C=O) groups is 1. The summed E-state index contributed by atoms with van der Waals surface area (Å²) in [7, 11) is 1.94. The highest BCUT2D eigenvalue weighted by Gasteiger charge is 2.06. The van der Waals surface area contributed by atoms with Crippen molar-refractivity contribution >= 4 is 11.7 Å². The number of carbonyl (C=O) groups excluding carboxylic acids is 1. The third kappa shape index (κ3) is 4.05. The molecule has 1 rings (SSSR count). The van der Waals surface area contributed by atoms with Crippen molar-refractivity contribution in [2.45, 2.75) is 6.92 Å². The maximum absolute atomic E-state index is 11.6. The topological polar surface area (TPSA) is 45.2 Å². The molecule has 0 unspecified atom stereocenters. The summed E-state index contributed by atoms with van der Waals surface area (Å²) in [5, 5.41) is 2.70. The second kappa shape index (κ2) is 6.59. The van der Waals surface area contributed by atoms with Gasteiger partial charge in [-0.1, -0.05) is 18.2 Å². The highest BCUT2D eigenvalue weighted by Crippen LogP contribution is 2.10. The number of nitrogens with one attached hydrogen (secondary N) is 1. The number of rotatable bonds is 6. The molecule has 0 radical (unpaired) electrons. The summed E-state index contributed by atoms with van der Waals surface area (Å²) in [6.07, 6.45) is 3.21. The van der Waals surface area contributed by atoms with Crippen LogP contribution in [0.4, 0.5) is 5.82 Å². The van der Waals surface area contributed by atoms with E-state index in [2.05, 4.69) is 23.5 Å². The molecule has 1 N–H and O–H groups in total. The molecule has 0 spiro atoms. The fraction of sp³-hybridized carbons (Fsp3) is 0.286. The number of hydrogen-bond acceptors (Lipinski definition) is 3. The number of anilines is 1. The molecular weight excluding hydrogens is 226 g/mol. The lowest BCUT2D eigenvalue weighted by Gasteiger charge is -2.18. The van der Waals surface area contributed by atoms with Crippen LogP contribution in [0.1, 0.15) is 17.3 Å². The van der Waals surface area contributed by atoms with Crippen molar-refractivity contribution in [1.82, 2.24) is 10.3 Å². The molecule has 0 atom stereocenters. The zero-order valence-electron chi connectivity index (χ0n) is 10.9. The molecule has 1 amide bonds. The third-order valence-corrected chi connectivity index (χ3v) is 2.32. The normalized spacial score (nSPS) is 9.67. The Morgan fingerprint density at radius 1 is 1.56 bits per heavy atom. The summed E-state index contributed by atoms with van der Waals surface area (Å²) in [5.41, 5.74) is 1.61. The van der Waals surface area contributed by atoms with Crippen molar-refractivity contribution < 1.29 is 4.79 Å². The molecule has 96 valence electrons. The van der Waals surface area contributed by atoms with Gasteiger partial charge in [0, 0.05) is 26.3 Å². The van der Waals surface area contributed by atoms with Gasteiger partial charge in [-0.15, -0.1) is 6.58 Å². The first-order valence-electron chi connectivity index (χ1n) is 5.75. The summed E-state index contributed by atoms with van der Waals surface area (Å²) < 4.78 is 0. The Balaban J connectivity index is 2.70. The molecule has 1 aromatic rings. The smallest absolute Gasteiger partial charge is 0.253 e. The van der Waals surface area contributed by atoms with E-state index in [1.807, 2.05) is 24.9 Å². The van der Waals surface area contributed by atoms with E-state index in [0.29, 0.717) is 12.1 Å². The van der Waals surface area contributed by atoms with Crippen molar-refractivity contribution in [3.05, 3.63) is 48.7 Å². The lowest BCUT2D eigenvalue weighted by atomic mass is 10.2. The number of likely N-dealkylation sites (N-methyl/N-ethyl adjacent to an activating group) is 1. The lowest BCUT2D eigenvalue weighted by Crippen LogP contribution is -2.24. The number of nitrogens with zero attached hydrogens (tertiary/aromatic N) is 2. The first-order valence-corrected chi connectivity index (χ1v) is 5.75. The SMILES string of the molecule is C=CCNC(=O)c1ccc(N(C)CC(=C)C)nc1. The lowest BCUT2D eigenvalue weighted by molar-refractivity contribution is 0.0957. The van der Waals surface area contributed by atoms with Crippen LogP contribution in [-0.2, 0) is 0 Å². The summed E-state index contributed by atoms with van der Waals surface area (Å²) in [6.45, 7) is 10.6. The minimum Gasteiger partial charge on any atom is -0.356 e. The Kier molecular flexibility index (Phi) is 5.11. The molecule has 1 heterocycles. The monoisotopic (exact) mass is 245 g/mol. The van der Waals surface area contributed by atoms with Crippen LogP contribution in [0, 0.1) is 0 Å². The summed E-state index contributed by atoms with van der Waals surface area (Å²) in [4.78, 5) is 17.9. The largest absolute Gasteiger partial charge is 0.356 e. The van der Waals surface area contributed by atoms with Gasteiger partial charge in [0.2, 0.25) is 0 Å². The van der Waals surface area contributed by atoms with E-state index < -0.39 is 0 Å². The molecule has 0 aliphatic heterocycles. The maximum atomic E-state index is 11.6. The van der Waals surface area contributed by atoms with Crippen LogP contribution in [0.2, 0.25) is 0 Å².